The first-order valence-electron chi connectivity index (χ1n) is 9.96. The first-order chi connectivity index (χ1) is 14.6. The zero-order valence-corrected chi connectivity index (χ0v) is 17.1. The molecule has 4 atom stereocenters. The van der Waals surface area contributed by atoms with Crippen molar-refractivity contribution in [1.29, 1.82) is 0 Å². The zero-order chi connectivity index (χ0) is 22.4. The third kappa shape index (κ3) is 2.37. The van der Waals surface area contributed by atoms with Crippen molar-refractivity contribution in [1.82, 2.24) is 14.0 Å². The average Bonchev–Trinajstić information content (AvgIpc) is 3.53. The molecule has 3 aliphatic rings. The molecule has 31 heavy (non-hydrogen) atoms. The van der Waals surface area contributed by atoms with Crippen LogP contribution >= 0.6 is 0 Å². The number of fused-ring (bicyclic) bond motifs is 7. The molecular weight excluding hydrogens is 402 g/mol. The van der Waals surface area contributed by atoms with Gasteiger partial charge in [-0.2, -0.15) is 0 Å². The summed E-state index contributed by atoms with van der Waals surface area (Å²) in [6.07, 6.45) is 5.23. The average molecular weight is 421 g/mol. The predicted octanol–water partition coefficient (Wildman–Crippen LogP) is -0.590. The maximum Gasteiger partial charge on any atom is 0.261 e. The normalized spacial score (nSPS) is 26.2. The molecule has 1 aromatic carbocycles. The van der Waals surface area contributed by atoms with Crippen molar-refractivity contribution in [3.63, 3.8) is 0 Å². The first-order valence-corrected chi connectivity index (χ1v) is 9.96. The number of likely N-dealkylation sites (tertiary alicyclic amines) is 1. The Balaban J connectivity index is 0.000000138. The Bertz CT molecular complexity index is 1360. The topological polar surface area (TPSA) is 116 Å². The summed E-state index contributed by atoms with van der Waals surface area (Å²) in [5.41, 5.74) is -1.81. The van der Waals surface area contributed by atoms with Gasteiger partial charge in [0.25, 0.3) is 22.2 Å². The minimum Gasteiger partial charge on any atom is -0.285 e. The van der Waals surface area contributed by atoms with Crippen molar-refractivity contribution in [3.05, 3.63) is 65.7 Å². The van der Waals surface area contributed by atoms with Crippen molar-refractivity contribution >= 4 is 33.4 Å². The monoisotopic (exact) mass is 421 g/mol. The van der Waals surface area contributed by atoms with E-state index < -0.39 is 22.2 Å². The first kappa shape index (κ1) is 19.3. The molecule has 9 heteroatoms. The Hall–Kier alpha value is -3.62. The van der Waals surface area contributed by atoms with E-state index in [1.54, 1.807) is 7.05 Å². The highest BCUT2D eigenvalue weighted by molar-refractivity contribution is 6.06. The second-order valence-corrected chi connectivity index (χ2v) is 8.52. The van der Waals surface area contributed by atoms with Crippen molar-refractivity contribution in [2.75, 3.05) is 7.05 Å². The van der Waals surface area contributed by atoms with Gasteiger partial charge in [0.1, 0.15) is 0 Å². The lowest BCUT2D eigenvalue weighted by Gasteiger charge is -2.14. The van der Waals surface area contributed by atoms with Crippen molar-refractivity contribution in [2.24, 2.45) is 37.8 Å². The highest BCUT2D eigenvalue weighted by Gasteiger charge is 2.58. The number of aromatic nitrogens is 2. The van der Waals surface area contributed by atoms with Crippen LogP contribution < -0.4 is 22.2 Å². The molecule has 4 unspecified atom stereocenters. The lowest BCUT2D eigenvalue weighted by atomic mass is 9.85. The summed E-state index contributed by atoms with van der Waals surface area (Å²) in [6, 6.07) is 2.66. The van der Waals surface area contributed by atoms with E-state index in [4.69, 9.17) is 0 Å². The highest BCUT2D eigenvalue weighted by Crippen LogP contribution is 2.52. The zero-order valence-electron chi connectivity index (χ0n) is 17.1. The second kappa shape index (κ2) is 6.19. The fourth-order valence-electron chi connectivity index (χ4n) is 5.27. The van der Waals surface area contributed by atoms with Crippen LogP contribution in [0.15, 0.2) is 43.5 Å². The van der Waals surface area contributed by atoms with Crippen LogP contribution in [0.1, 0.15) is 6.42 Å². The molecule has 158 valence electrons. The number of carbonyl (C=O) groups is 2. The molecule has 2 aliphatic carbocycles. The summed E-state index contributed by atoms with van der Waals surface area (Å²) in [4.78, 5) is 71.7. The molecule has 1 saturated carbocycles. The van der Waals surface area contributed by atoms with Gasteiger partial charge < -0.3 is 0 Å². The molecule has 0 N–H and O–H groups in total. The number of carbonyl (C=O) groups excluding carboxylic acids is 2. The van der Waals surface area contributed by atoms with E-state index >= 15 is 0 Å². The number of nitrogens with zero attached hydrogens (tertiary/aromatic N) is 3. The van der Waals surface area contributed by atoms with Gasteiger partial charge in [0, 0.05) is 21.1 Å². The van der Waals surface area contributed by atoms with Gasteiger partial charge in [-0.3, -0.25) is 42.8 Å². The number of imide groups is 1. The van der Waals surface area contributed by atoms with Crippen LogP contribution in [-0.2, 0) is 23.7 Å². The molecule has 6 rings (SSSR count). The Kier molecular flexibility index (Phi) is 3.87. The molecule has 3 heterocycles. The molecule has 1 saturated heterocycles. The van der Waals surface area contributed by atoms with Gasteiger partial charge in [-0.05, 0) is 30.4 Å². The Labute approximate surface area is 174 Å². The Morgan fingerprint density at radius 3 is 1.26 bits per heavy atom. The van der Waals surface area contributed by atoms with Crippen LogP contribution in [-0.4, -0.2) is 32.9 Å². The second-order valence-electron chi connectivity index (χ2n) is 8.52. The van der Waals surface area contributed by atoms with Crippen molar-refractivity contribution in [3.8, 4) is 0 Å². The summed E-state index contributed by atoms with van der Waals surface area (Å²) < 4.78 is 1.94. The molecule has 9 nitrogen and oxygen atoms in total. The van der Waals surface area contributed by atoms with Crippen LogP contribution in [0.25, 0.3) is 21.5 Å². The third-order valence-corrected chi connectivity index (χ3v) is 6.99. The molecular formula is C22H19N3O6. The summed E-state index contributed by atoms with van der Waals surface area (Å²) in [6.45, 7) is 0. The molecule has 2 amide bonds. The molecule has 3 aromatic rings. The van der Waals surface area contributed by atoms with Gasteiger partial charge in [-0.25, -0.2) is 0 Å². The number of amides is 2. The number of hydrogen-bond acceptors (Lipinski definition) is 6. The lowest BCUT2D eigenvalue weighted by molar-refractivity contribution is -0.138. The van der Waals surface area contributed by atoms with E-state index in [1.165, 1.54) is 31.1 Å². The number of hydrogen-bond donors (Lipinski definition) is 0. The smallest absolute Gasteiger partial charge is 0.261 e. The predicted molar refractivity (Wildman–Crippen MR) is 112 cm³/mol. The molecule has 1 aliphatic heterocycles. The van der Waals surface area contributed by atoms with E-state index in [9.17, 15) is 28.8 Å². The van der Waals surface area contributed by atoms with E-state index in [0.717, 1.165) is 15.6 Å². The minimum absolute atomic E-state index is 0.0208. The van der Waals surface area contributed by atoms with Gasteiger partial charge in [0.05, 0.1) is 33.4 Å². The van der Waals surface area contributed by atoms with Gasteiger partial charge >= 0.3 is 0 Å². The number of allylic oxidation sites excluding steroid dienone is 2. The number of rotatable bonds is 0. The quantitative estimate of drug-likeness (QED) is 0.354. The minimum atomic E-state index is -0.451. The number of benzene rings is 1. The SMILES string of the molecule is CN1C(=O)C2C3C=CC(C3)C2C1=O.Cn1c(=O)c2cc3c(=O)n(C)c(=O)c3cc2c1=O. The van der Waals surface area contributed by atoms with E-state index in [1.807, 2.05) is 0 Å². The third-order valence-electron chi connectivity index (χ3n) is 6.99. The van der Waals surface area contributed by atoms with Gasteiger partial charge in [0.15, 0.2) is 0 Å². The fraction of sp³-hybridized carbons (Fsp3) is 0.364. The van der Waals surface area contributed by atoms with Gasteiger partial charge in [-0.15, -0.1) is 0 Å². The van der Waals surface area contributed by atoms with Crippen LogP contribution in [0, 0.1) is 23.7 Å². The summed E-state index contributed by atoms with van der Waals surface area (Å²) in [7, 11) is 4.33. The molecule has 2 fully saturated rings. The van der Waals surface area contributed by atoms with E-state index in [-0.39, 0.29) is 45.2 Å². The standard InChI is InChI=1S/C12H8N2O4.C10H11NO2/c1-13-9(15)5-3-7-8(4-6(5)10(13)16)12(18)14(2)11(7)17;1-11-9(12)7-5-2-3-6(4-5)8(7)10(11)13/h3-4H,1-2H3;2-3,5-8H,4H2,1H3. The Morgan fingerprint density at radius 2 is 0.935 bits per heavy atom. The van der Waals surface area contributed by atoms with Gasteiger partial charge in [-0.1, -0.05) is 12.2 Å². The van der Waals surface area contributed by atoms with E-state index in [0.29, 0.717) is 11.8 Å². The molecule has 2 aromatic heterocycles. The largest absolute Gasteiger partial charge is 0.285 e. The maximum absolute atomic E-state index is 11.8. The van der Waals surface area contributed by atoms with Crippen molar-refractivity contribution < 1.29 is 9.59 Å². The van der Waals surface area contributed by atoms with E-state index in [2.05, 4.69) is 12.2 Å². The van der Waals surface area contributed by atoms with Gasteiger partial charge in [0.2, 0.25) is 11.8 Å². The summed E-state index contributed by atoms with van der Waals surface area (Å²) >= 11 is 0. The summed E-state index contributed by atoms with van der Waals surface area (Å²) in [5, 5.41) is 0.714. The van der Waals surface area contributed by atoms with Crippen LogP contribution in [0.5, 0.6) is 0 Å². The molecule has 0 spiro atoms. The maximum atomic E-state index is 11.8. The lowest BCUT2D eigenvalue weighted by Crippen LogP contribution is -2.28. The van der Waals surface area contributed by atoms with Crippen LogP contribution in [0.2, 0.25) is 0 Å². The Morgan fingerprint density at radius 1 is 0.613 bits per heavy atom. The van der Waals surface area contributed by atoms with Crippen LogP contribution in [0.3, 0.4) is 0 Å². The fourth-order valence-corrected chi connectivity index (χ4v) is 5.27. The highest BCUT2D eigenvalue weighted by atomic mass is 16.2. The van der Waals surface area contributed by atoms with Crippen molar-refractivity contribution in [2.45, 2.75) is 6.42 Å². The summed E-state index contributed by atoms with van der Waals surface area (Å²) in [5.74, 6) is 0.714. The van der Waals surface area contributed by atoms with Crippen LogP contribution in [0.4, 0.5) is 0 Å². The molecule has 2 bridgehead atoms. The molecule has 0 radical (unpaired) electrons.